The Labute approximate surface area is 139 Å². The summed E-state index contributed by atoms with van der Waals surface area (Å²) < 4.78 is 26.4. The molecule has 7 heteroatoms. The van der Waals surface area contributed by atoms with Crippen LogP contribution in [0.4, 0.5) is 14.6 Å². The van der Waals surface area contributed by atoms with Gasteiger partial charge in [0.05, 0.1) is 11.8 Å². The summed E-state index contributed by atoms with van der Waals surface area (Å²) in [6, 6.07) is 3.50. The van der Waals surface area contributed by atoms with Crippen molar-refractivity contribution >= 4 is 5.82 Å². The second-order valence-electron chi connectivity index (χ2n) is 6.19. The smallest absolute Gasteiger partial charge is 0.159 e. The summed E-state index contributed by atoms with van der Waals surface area (Å²) in [4.78, 5) is 12.7. The van der Waals surface area contributed by atoms with E-state index in [1.165, 1.54) is 6.07 Å². The minimum absolute atomic E-state index is 0.340. The van der Waals surface area contributed by atoms with Gasteiger partial charge in [-0.3, -0.25) is 4.90 Å². The summed E-state index contributed by atoms with van der Waals surface area (Å²) in [5, 5.41) is 10.3. The Morgan fingerprint density at radius 1 is 1.25 bits per heavy atom. The molecule has 0 fully saturated rings. The van der Waals surface area contributed by atoms with Crippen LogP contribution in [-0.4, -0.2) is 47.2 Å². The Hall–Kier alpha value is -2.12. The third-order valence-corrected chi connectivity index (χ3v) is 4.24. The lowest BCUT2D eigenvalue weighted by molar-refractivity contribution is 0.105. The first kappa shape index (κ1) is 16.7. The van der Waals surface area contributed by atoms with Gasteiger partial charge in [-0.15, -0.1) is 0 Å². The molecule has 0 saturated heterocycles. The lowest BCUT2D eigenvalue weighted by Crippen LogP contribution is -2.35. The molecule has 0 unspecified atom stereocenters. The van der Waals surface area contributed by atoms with E-state index in [0.717, 1.165) is 42.2 Å². The molecule has 1 aromatic heterocycles. The second-order valence-corrected chi connectivity index (χ2v) is 6.19. The van der Waals surface area contributed by atoms with Crippen LogP contribution in [0.2, 0.25) is 0 Å². The number of fused-ring (bicyclic) bond motifs is 1. The molecule has 0 radical (unpaired) electrons. The van der Waals surface area contributed by atoms with Crippen molar-refractivity contribution in [3.8, 4) is 0 Å². The third-order valence-electron chi connectivity index (χ3n) is 4.24. The van der Waals surface area contributed by atoms with Crippen LogP contribution < -0.4 is 4.90 Å². The van der Waals surface area contributed by atoms with Crippen molar-refractivity contribution in [3.63, 3.8) is 0 Å². The predicted molar refractivity (Wildman–Crippen MR) is 86.7 cm³/mol. The number of halogens is 2. The Kier molecular flexibility index (Phi) is 4.73. The molecule has 2 heterocycles. The van der Waals surface area contributed by atoms with Crippen molar-refractivity contribution in [2.45, 2.75) is 19.1 Å². The van der Waals surface area contributed by atoms with Crippen molar-refractivity contribution in [1.29, 1.82) is 0 Å². The number of aromatic nitrogens is 2. The third kappa shape index (κ3) is 3.37. The fraction of sp³-hybridized carbons (Fsp3) is 0.412. The van der Waals surface area contributed by atoms with Crippen LogP contribution in [0.25, 0.3) is 0 Å². The highest BCUT2D eigenvalue weighted by molar-refractivity contribution is 5.48. The largest absolute Gasteiger partial charge is 0.387 e. The molecule has 128 valence electrons. The Morgan fingerprint density at radius 2 is 2.04 bits per heavy atom. The standard InChI is InChI=1S/C17H20F2N4O/c1-22(2)17-12-8-23(6-5-15(12)20-10-21-17)9-16(24)11-3-4-13(18)14(19)7-11/h3-4,7,10,16,24H,5-6,8-9H2,1-2H3/t16-/m0/s1. The molecule has 1 aliphatic rings. The maximum Gasteiger partial charge on any atom is 0.159 e. The summed E-state index contributed by atoms with van der Waals surface area (Å²) in [6.45, 7) is 1.70. The minimum Gasteiger partial charge on any atom is -0.387 e. The first-order chi connectivity index (χ1) is 11.5. The van der Waals surface area contributed by atoms with Gasteiger partial charge < -0.3 is 10.0 Å². The van der Waals surface area contributed by atoms with E-state index in [1.54, 1.807) is 6.33 Å². The van der Waals surface area contributed by atoms with E-state index in [4.69, 9.17) is 0 Å². The van der Waals surface area contributed by atoms with Gasteiger partial charge in [0.2, 0.25) is 0 Å². The van der Waals surface area contributed by atoms with E-state index < -0.39 is 17.7 Å². The van der Waals surface area contributed by atoms with E-state index in [2.05, 4.69) is 14.9 Å². The number of benzene rings is 1. The maximum absolute atomic E-state index is 13.3. The van der Waals surface area contributed by atoms with E-state index in [9.17, 15) is 13.9 Å². The van der Waals surface area contributed by atoms with Gasteiger partial charge in [0.1, 0.15) is 12.1 Å². The van der Waals surface area contributed by atoms with Crippen molar-refractivity contribution in [2.24, 2.45) is 0 Å². The van der Waals surface area contributed by atoms with Gasteiger partial charge in [-0.25, -0.2) is 18.7 Å². The molecule has 1 aliphatic heterocycles. The Morgan fingerprint density at radius 3 is 2.75 bits per heavy atom. The van der Waals surface area contributed by atoms with E-state index in [-0.39, 0.29) is 0 Å². The lowest BCUT2D eigenvalue weighted by atomic mass is 10.0. The molecule has 3 rings (SSSR count). The summed E-state index contributed by atoms with van der Waals surface area (Å²) in [6.07, 6.45) is 1.46. The molecule has 0 saturated carbocycles. The minimum atomic E-state index is -0.946. The summed E-state index contributed by atoms with van der Waals surface area (Å²) in [7, 11) is 3.86. The summed E-state index contributed by atoms with van der Waals surface area (Å²) in [5.74, 6) is -0.989. The van der Waals surface area contributed by atoms with Crippen molar-refractivity contribution < 1.29 is 13.9 Å². The number of nitrogens with zero attached hydrogens (tertiary/aromatic N) is 4. The number of anilines is 1. The number of rotatable bonds is 4. The molecule has 1 N–H and O–H groups in total. The predicted octanol–water partition coefficient (Wildman–Crippen LogP) is 1.91. The Balaban J connectivity index is 1.74. The lowest BCUT2D eigenvalue weighted by Gasteiger charge is -2.31. The van der Waals surface area contributed by atoms with Crippen LogP contribution in [0, 0.1) is 11.6 Å². The highest BCUT2D eigenvalue weighted by Crippen LogP contribution is 2.26. The quantitative estimate of drug-likeness (QED) is 0.926. The molecule has 24 heavy (non-hydrogen) atoms. The molecule has 0 bridgehead atoms. The molecule has 1 aromatic carbocycles. The molecular formula is C17H20F2N4O. The average molecular weight is 334 g/mol. The zero-order valence-corrected chi connectivity index (χ0v) is 13.7. The normalized spacial score (nSPS) is 15.9. The van der Waals surface area contributed by atoms with E-state index in [0.29, 0.717) is 18.7 Å². The topological polar surface area (TPSA) is 52.5 Å². The first-order valence-electron chi connectivity index (χ1n) is 7.81. The first-order valence-corrected chi connectivity index (χ1v) is 7.81. The summed E-state index contributed by atoms with van der Waals surface area (Å²) >= 11 is 0. The second kappa shape index (κ2) is 6.78. The molecular weight excluding hydrogens is 314 g/mol. The number of hydrogen-bond donors (Lipinski definition) is 1. The summed E-state index contributed by atoms with van der Waals surface area (Å²) in [5.41, 5.74) is 2.44. The van der Waals surface area contributed by atoms with Crippen LogP contribution in [0.5, 0.6) is 0 Å². The van der Waals surface area contributed by atoms with Gasteiger partial charge in [-0.05, 0) is 17.7 Å². The van der Waals surface area contributed by atoms with Gasteiger partial charge in [0, 0.05) is 45.7 Å². The number of hydrogen-bond acceptors (Lipinski definition) is 5. The Bertz CT molecular complexity index is 739. The molecule has 0 amide bonds. The van der Waals surface area contributed by atoms with Crippen molar-refractivity contribution in [2.75, 3.05) is 32.1 Å². The van der Waals surface area contributed by atoms with Crippen LogP contribution in [0.3, 0.4) is 0 Å². The van der Waals surface area contributed by atoms with Gasteiger partial charge in [-0.1, -0.05) is 6.07 Å². The molecule has 1 atom stereocenters. The number of aliphatic hydroxyl groups is 1. The highest BCUT2D eigenvalue weighted by Gasteiger charge is 2.24. The van der Waals surface area contributed by atoms with Crippen LogP contribution in [0.15, 0.2) is 24.5 Å². The monoisotopic (exact) mass is 334 g/mol. The zero-order valence-electron chi connectivity index (χ0n) is 13.7. The molecule has 2 aromatic rings. The highest BCUT2D eigenvalue weighted by atomic mass is 19.2. The van der Waals surface area contributed by atoms with Gasteiger partial charge in [0.15, 0.2) is 11.6 Å². The van der Waals surface area contributed by atoms with Gasteiger partial charge in [-0.2, -0.15) is 0 Å². The van der Waals surface area contributed by atoms with Crippen LogP contribution >= 0.6 is 0 Å². The average Bonchev–Trinajstić information content (AvgIpc) is 2.56. The molecule has 5 nitrogen and oxygen atoms in total. The van der Waals surface area contributed by atoms with E-state index in [1.807, 2.05) is 19.0 Å². The molecule has 0 spiro atoms. The molecule has 0 aliphatic carbocycles. The van der Waals surface area contributed by atoms with E-state index >= 15 is 0 Å². The SMILES string of the molecule is CN(C)c1ncnc2c1CN(C[C@H](O)c1ccc(F)c(F)c1)CC2. The fourth-order valence-electron chi connectivity index (χ4n) is 2.99. The number of aliphatic hydroxyl groups excluding tert-OH is 1. The fourth-order valence-corrected chi connectivity index (χ4v) is 2.99. The van der Waals surface area contributed by atoms with Gasteiger partial charge >= 0.3 is 0 Å². The van der Waals surface area contributed by atoms with Gasteiger partial charge in [0.25, 0.3) is 0 Å². The maximum atomic E-state index is 13.3. The van der Waals surface area contributed by atoms with Crippen LogP contribution in [0.1, 0.15) is 22.9 Å². The van der Waals surface area contributed by atoms with Crippen molar-refractivity contribution in [3.05, 3.63) is 53.0 Å². The zero-order chi connectivity index (χ0) is 17.3. The van der Waals surface area contributed by atoms with Crippen LogP contribution in [-0.2, 0) is 13.0 Å². The number of β-amino-alcohol motifs (C(OH)–C–C–N with tert-alkyl or cyclic N) is 1. The van der Waals surface area contributed by atoms with Crippen molar-refractivity contribution in [1.82, 2.24) is 14.9 Å².